The molecule has 1 fully saturated rings. The van der Waals surface area contributed by atoms with Crippen LogP contribution in [0.5, 0.6) is 0 Å². The summed E-state index contributed by atoms with van der Waals surface area (Å²) in [6.45, 7) is 6.86. The molecule has 0 bridgehead atoms. The van der Waals surface area contributed by atoms with Gasteiger partial charge in [0.2, 0.25) is 0 Å². The molecule has 1 aromatic carbocycles. The molecule has 0 atom stereocenters. The van der Waals surface area contributed by atoms with Crippen LogP contribution >= 0.6 is 0 Å². The fourth-order valence-corrected chi connectivity index (χ4v) is 4.48. The van der Waals surface area contributed by atoms with Crippen molar-refractivity contribution in [3.63, 3.8) is 0 Å². The Kier molecular flexibility index (Phi) is 7.68. The maximum absolute atomic E-state index is 11.7. The minimum atomic E-state index is -3.19. The van der Waals surface area contributed by atoms with E-state index in [0.717, 1.165) is 43.2 Å². The zero-order chi connectivity index (χ0) is 19.9. The van der Waals surface area contributed by atoms with Gasteiger partial charge in [0.05, 0.1) is 11.4 Å². The van der Waals surface area contributed by atoms with Gasteiger partial charge in [-0.25, -0.2) is 13.4 Å². The van der Waals surface area contributed by atoms with E-state index in [-0.39, 0.29) is 0 Å². The van der Waals surface area contributed by atoms with Gasteiger partial charge in [-0.3, -0.25) is 0 Å². The van der Waals surface area contributed by atoms with E-state index in [1.165, 1.54) is 25.5 Å². The van der Waals surface area contributed by atoms with Gasteiger partial charge in [-0.1, -0.05) is 18.6 Å². The number of hydrogen-bond donors (Lipinski definition) is 2. The van der Waals surface area contributed by atoms with Crippen LogP contribution in [-0.2, 0) is 21.1 Å². The predicted molar refractivity (Wildman–Crippen MR) is 110 cm³/mol. The van der Waals surface area contributed by atoms with E-state index in [2.05, 4.69) is 15.6 Å². The first-order valence-electron chi connectivity index (χ1n) is 9.60. The van der Waals surface area contributed by atoms with Gasteiger partial charge in [0.25, 0.3) is 0 Å². The molecule has 0 aliphatic heterocycles. The second-order valence-corrected chi connectivity index (χ2v) is 9.50. The van der Waals surface area contributed by atoms with Crippen LogP contribution < -0.4 is 10.6 Å². The molecule has 152 valence electrons. The first-order chi connectivity index (χ1) is 12.8. The molecule has 1 aliphatic rings. The number of sulfone groups is 1. The summed E-state index contributed by atoms with van der Waals surface area (Å²) in [5.41, 5.74) is 2.07. The molecule has 1 saturated carbocycles. The van der Waals surface area contributed by atoms with Crippen molar-refractivity contribution in [2.24, 2.45) is 10.4 Å². The molecule has 0 heterocycles. The molecule has 0 spiro atoms. The molecule has 0 amide bonds. The van der Waals surface area contributed by atoms with Crippen LogP contribution in [0.3, 0.4) is 0 Å². The number of guanidine groups is 1. The third kappa shape index (κ3) is 6.21. The minimum absolute atomic E-state index is 0.319. The van der Waals surface area contributed by atoms with Crippen molar-refractivity contribution >= 4 is 15.8 Å². The van der Waals surface area contributed by atoms with Crippen molar-refractivity contribution in [1.82, 2.24) is 10.6 Å². The molecule has 2 N–H and O–H groups in total. The smallest absolute Gasteiger partial charge is 0.191 e. The summed E-state index contributed by atoms with van der Waals surface area (Å²) >= 11 is 0. The Morgan fingerprint density at radius 1 is 1.30 bits per heavy atom. The maximum atomic E-state index is 11.7. The molecule has 1 aliphatic carbocycles. The fourth-order valence-electron chi connectivity index (χ4n) is 3.52. The lowest BCUT2D eigenvalue weighted by atomic mass is 9.67. The van der Waals surface area contributed by atoms with Crippen molar-refractivity contribution in [3.8, 4) is 0 Å². The zero-order valence-electron chi connectivity index (χ0n) is 17.0. The molecule has 27 heavy (non-hydrogen) atoms. The largest absolute Gasteiger partial charge is 0.385 e. The third-order valence-corrected chi connectivity index (χ3v) is 6.54. The summed E-state index contributed by atoms with van der Waals surface area (Å²) in [5, 5.41) is 6.77. The van der Waals surface area contributed by atoms with Gasteiger partial charge in [-0.2, -0.15) is 0 Å². The van der Waals surface area contributed by atoms with Gasteiger partial charge in [0, 0.05) is 33.1 Å². The number of benzene rings is 1. The summed E-state index contributed by atoms with van der Waals surface area (Å²) in [5.74, 6) is 0.797. The molecule has 2 rings (SSSR count). The van der Waals surface area contributed by atoms with Crippen LogP contribution in [-0.4, -0.2) is 47.4 Å². The topological polar surface area (TPSA) is 79.8 Å². The van der Waals surface area contributed by atoms with Gasteiger partial charge < -0.3 is 15.4 Å². The Bertz CT molecular complexity index is 756. The van der Waals surface area contributed by atoms with Crippen molar-refractivity contribution in [2.75, 3.05) is 33.1 Å². The van der Waals surface area contributed by atoms with Crippen LogP contribution in [0.4, 0.5) is 0 Å². The van der Waals surface area contributed by atoms with Crippen molar-refractivity contribution in [1.29, 1.82) is 0 Å². The number of methoxy groups -OCH3 is 1. The zero-order valence-corrected chi connectivity index (χ0v) is 17.8. The normalized spacial score (nSPS) is 16.7. The van der Waals surface area contributed by atoms with E-state index in [4.69, 9.17) is 4.74 Å². The SMILES string of the molecule is CCNC(=NCc1ccc(S(C)(=O)=O)c(C)c1)NCC1(CCOC)CCC1. The molecule has 0 saturated heterocycles. The summed E-state index contributed by atoms with van der Waals surface area (Å²) in [6, 6.07) is 5.40. The first-order valence-corrected chi connectivity index (χ1v) is 11.5. The highest BCUT2D eigenvalue weighted by atomic mass is 32.2. The van der Waals surface area contributed by atoms with Gasteiger partial charge in [-0.05, 0) is 55.7 Å². The predicted octanol–water partition coefficient (Wildman–Crippen LogP) is 2.66. The van der Waals surface area contributed by atoms with Crippen LogP contribution in [0.25, 0.3) is 0 Å². The highest BCUT2D eigenvalue weighted by molar-refractivity contribution is 7.90. The molecule has 6 nitrogen and oxygen atoms in total. The number of aryl methyl sites for hydroxylation is 1. The standard InChI is InChI=1S/C20H33N3O3S/c1-5-21-19(23-15-20(9-6-10-20)11-12-26-3)22-14-17-7-8-18(16(2)13-17)27(4,24)25/h7-8,13H,5-6,9-12,14-15H2,1-4H3,(H2,21,22,23). The van der Waals surface area contributed by atoms with Crippen molar-refractivity contribution < 1.29 is 13.2 Å². The Morgan fingerprint density at radius 2 is 2.04 bits per heavy atom. The lowest BCUT2D eigenvalue weighted by molar-refractivity contribution is 0.0732. The lowest BCUT2D eigenvalue weighted by Crippen LogP contribution is -2.46. The van der Waals surface area contributed by atoms with E-state index in [1.807, 2.05) is 26.0 Å². The minimum Gasteiger partial charge on any atom is -0.385 e. The van der Waals surface area contributed by atoms with Crippen LogP contribution in [0.1, 0.15) is 43.7 Å². The van der Waals surface area contributed by atoms with E-state index >= 15 is 0 Å². The summed E-state index contributed by atoms with van der Waals surface area (Å²) in [6.07, 6.45) is 6.05. The summed E-state index contributed by atoms with van der Waals surface area (Å²) < 4.78 is 28.8. The number of nitrogens with zero attached hydrogens (tertiary/aromatic N) is 1. The Morgan fingerprint density at radius 3 is 2.56 bits per heavy atom. The molecule has 1 aromatic rings. The lowest BCUT2D eigenvalue weighted by Gasteiger charge is -2.42. The van der Waals surface area contributed by atoms with E-state index < -0.39 is 9.84 Å². The number of aliphatic imine (C=N–C) groups is 1. The molecule has 0 radical (unpaired) electrons. The Labute approximate surface area is 163 Å². The fraction of sp³-hybridized carbons (Fsp3) is 0.650. The van der Waals surface area contributed by atoms with E-state index in [1.54, 1.807) is 13.2 Å². The van der Waals surface area contributed by atoms with Crippen LogP contribution in [0.2, 0.25) is 0 Å². The van der Waals surface area contributed by atoms with Crippen molar-refractivity contribution in [3.05, 3.63) is 29.3 Å². The summed E-state index contributed by atoms with van der Waals surface area (Å²) in [7, 11) is -1.44. The second-order valence-electron chi connectivity index (χ2n) is 7.52. The van der Waals surface area contributed by atoms with Gasteiger partial charge in [-0.15, -0.1) is 0 Å². The maximum Gasteiger partial charge on any atom is 0.191 e. The highest BCUT2D eigenvalue weighted by Gasteiger charge is 2.36. The molecular weight excluding hydrogens is 362 g/mol. The molecule has 0 unspecified atom stereocenters. The Hall–Kier alpha value is -1.60. The third-order valence-electron chi connectivity index (χ3n) is 5.28. The first kappa shape index (κ1) is 21.7. The second kappa shape index (κ2) is 9.55. The number of ether oxygens (including phenoxy) is 1. The number of hydrogen-bond acceptors (Lipinski definition) is 4. The molecule has 7 heteroatoms. The van der Waals surface area contributed by atoms with Crippen LogP contribution in [0.15, 0.2) is 28.1 Å². The van der Waals surface area contributed by atoms with Crippen LogP contribution in [0, 0.1) is 12.3 Å². The number of rotatable bonds is 9. The molecule has 0 aromatic heterocycles. The average Bonchev–Trinajstić information content (AvgIpc) is 2.57. The number of nitrogens with one attached hydrogen (secondary N) is 2. The average molecular weight is 396 g/mol. The summed E-state index contributed by atoms with van der Waals surface area (Å²) in [4.78, 5) is 5.05. The van der Waals surface area contributed by atoms with E-state index in [9.17, 15) is 8.42 Å². The van der Waals surface area contributed by atoms with Gasteiger partial charge in [0.1, 0.15) is 0 Å². The van der Waals surface area contributed by atoms with E-state index in [0.29, 0.717) is 16.9 Å². The van der Waals surface area contributed by atoms with Gasteiger partial charge >= 0.3 is 0 Å². The molecular formula is C20H33N3O3S. The highest BCUT2D eigenvalue weighted by Crippen LogP contribution is 2.43. The van der Waals surface area contributed by atoms with Crippen molar-refractivity contribution in [2.45, 2.75) is 51.0 Å². The monoisotopic (exact) mass is 395 g/mol. The quantitative estimate of drug-likeness (QED) is 0.496. The van der Waals surface area contributed by atoms with Gasteiger partial charge in [0.15, 0.2) is 15.8 Å². The Balaban J connectivity index is 2.01.